The average Bonchev–Trinajstić information content (AvgIpc) is 2.28. The lowest BCUT2D eigenvalue weighted by Crippen LogP contribution is -2.19. The van der Waals surface area contributed by atoms with Gasteiger partial charge in [0.1, 0.15) is 0 Å². The zero-order valence-corrected chi connectivity index (χ0v) is 8.20. The lowest BCUT2D eigenvalue weighted by atomic mass is 10.0. The van der Waals surface area contributed by atoms with Crippen molar-refractivity contribution in [2.45, 2.75) is 26.8 Å². The summed E-state index contributed by atoms with van der Waals surface area (Å²) in [5, 5.41) is 4.25. The first-order valence-electron chi connectivity index (χ1n) is 4.28. The van der Waals surface area contributed by atoms with E-state index in [1.165, 1.54) is 0 Å². The summed E-state index contributed by atoms with van der Waals surface area (Å²) in [6.45, 7) is 6.22. The van der Waals surface area contributed by atoms with E-state index in [0.29, 0.717) is 5.92 Å². The summed E-state index contributed by atoms with van der Waals surface area (Å²) in [6.07, 6.45) is 0. The maximum atomic E-state index is 5.99. The van der Waals surface area contributed by atoms with Crippen LogP contribution in [-0.4, -0.2) is 9.78 Å². The summed E-state index contributed by atoms with van der Waals surface area (Å²) in [4.78, 5) is 0. The van der Waals surface area contributed by atoms with E-state index in [2.05, 4.69) is 18.9 Å². The molecule has 0 spiro atoms. The third-order valence-electron chi connectivity index (χ3n) is 2.10. The Kier molecular flexibility index (Phi) is 2.52. The molecule has 1 heterocycles. The van der Waals surface area contributed by atoms with Crippen molar-refractivity contribution >= 4 is 0 Å². The molecule has 1 aromatic rings. The van der Waals surface area contributed by atoms with Gasteiger partial charge < -0.3 is 5.73 Å². The van der Waals surface area contributed by atoms with Gasteiger partial charge in [-0.15, -0.1) is 0 Å². The molecule has 0 aromatic carbocycles. The Morgan fingerprint density at radius 1 is 1.50 bits per heavy atom. The van der Waals surface area contributed by atoms with E-state index in [0.717, 1.165) is 11.4 Å². The molecule has 0 bridgehead atoms. The van der Waals surface area contributed by atoms with Crippen LogP contribution in [0.3, 0.4) is 0 Å². The van der Waals surface area contributed by atoms with Gasteiger partial charge in [0.15, 0.2) is 0 Å². The highest BCUT2D eigenvalue weighted by molar-refractivity contribution is 5.12. The van der Waals surface area contributed by atoms with Crippen molar-refractivity contribution in [3.05, 3.63) is 17.5 Å². The second-order valence-electron chi connectivity index (χ2n) is 3.60. The summed E-state index contributed by atoms with van der Waals surface area (Å²) in [6, 6.07) is 2.14. The summed E-state index contributed by atoms with van der Waals surface area (Å²) >= 11 is 0. The molecule has 0 aliphatic carbocycles. The smallest absolute Gasteiger partial charge is 0.0597 e. The first-order valence-corrected chi connectivity index (χ1v) is 4.28. The van der Waals surface area contributed by atoms with E-state index in [1.54, 1.807) is 0 Å². The molecule has 1 atom stereocenters. The molecule has 3 heteroatoms. The van der Waals surface area contributed by atoms with Crippen molar-refractivity contribution in [2.24, 2.45) is 18.7 Å². The van der Waals surface area contributed by atoms with Crippen LogP contribution in [0.4, 0.5) is 0 Å². The van der Waals surface area contributed by atoms with Gasteiger partial charge in [0, 0.05) is 13.1 Å². The molecule has 68 valence electrons. The van der Waals surface area contributed by atoms with Crippen LogP contribution in [0.15, 0.2) is 6.07 Å². The van der Waals surface area contributed by atoms with Crippen LogP contribution in [0.5, 0.6) is 0 Å². The second kappa shape index (κ2) is 3.27. The number of aryl methyl sites for hydroxylation is 2. The zero-order chi connectivity index (χ0) is 9.30. The molecule has 0 saturated heterocycles. The minimum atomic E-state index is 0.0937. The van der Waals surface area contributed by atoms with Gasteiger partial charge in [0.25, 0.3) is 0 Å². The standard InChI is InChI=1S/C9H17N3/c1-6(2)9(10)8-5-7(3)11-12(8)4/h5-6,9H,10H2,1-4H3. The van der Waals surface area contributed by atoms with Crippen molar-refractivity contribution in [1.29, 1.82) is 0 Å². The van der Waals surface area contributed by atoms with Crippen LogP contribution in [-0.2, 0) is 7.05 Å². The van der Waals surface area contributed by atoms with Crippen molar-refractivity contribution in [3.8, 4) is 0 Å². The lowest BCUT2D eigenvalue weighted by molar-refractivity contribution is 0.480. The molecule has 1 rings (SSSR count). The molecule has 12 heavy (non-hydrogen) atoms. The molecule has 0 aliphatic rings. The molecule has 3 nitrogen and oxygen atoms in total. The maximum Gasteiger partial charge on any atom is 0.0597 e. The number of nitrogens with two attached hydrogens (primary N) is 1. The van der Waals surface area contributed by atoms with Gasteiger partial charge in [-0.2, -0.15) is 5.10 Å². The predicted octanol–water partition coefficient (Wildman–Crippen LogP) is 1.38. The first-order chi connectivity index (χ1) is 5.52. The first kappa shape index (κ1) is 9.26. The van der Waals surface area contributed by atoms with Crippen molar-refractivity contribution in [3.63, 3.8) is 0 Å². The Morgan fingerprint density at radius 3 is 2.42 bits per heavy atom. The Hall–Kier alpha value is -0.830. The molecule has 0 aliphatic heterocycles. The molecule has 0 radical (unpaired) electrons. The fraction of sp³-hybridized carbons (Fsp3) is 0.667. The highest BCUT2D eigenvalue weighted by Crippen LogP contribution is 2.18. The molecular weight excluding hydrogens is 150 g/mol. The van der Waals surface area contributed by atoms with Crippen molar-refractivity contribution in [1.82, 2.24) is 9.78 Å². The maximum absolute atomic E-state index is 5.99. The summed E-state index contributed by atoms with van der Waals surface area (Å²) in [5.41, 5.74) is 8.14. The van der Waals surface area contributed by atoms with Gasteiger partial charge in [0.2, 0.25) is 0 Å². The Morgan fingerprint density at radius 2 is 2.08 bits per heavy atom. The summed E-state index contributed by atoms with van der Waals surface area (Å²) in [5.74, 6) is 0.458. The van der Waals surface area contributed by atoms with E-state index in [4.69, 9.17) is 5.73 Å². The number of aromatic nitrogens is 2. The van der Waals surface area contributed by atoms with Crippen LogP contribution in [0, 0.1) is 12.8 Å². The number of hydrogen-bond acceptors (Lipinski definition) is 2. The average molecular weight is 167 g/mol. The largest absolute Gasteiger partial charge is 0.322 e. The fourth-order valence-corrected chi connectivity index (χ4v) is 1.28. The Labute approximate surface area is 73.6 Å². The lowest BCUT2D eigenvalue weighted by Gasteiger charge is -2.15. The van der Waals surface area contributed by atoms with Crippen LogP contribution in [0.1, 0.15) is 31.3 Å². The molecule has 0 amide bonds. The molecule has 1 aromatic heterocycles. The number of nitrogens with zero attached hydrogens (tertiary/aromatic N) is 2. The van der Waals surface area contributed by atoms with E-state index in [1.807, 2.05) is 24.7 Å². The minimum absolute atomic E-state index is 0.0937. The predicted molar refractivity (Wildman–Crippen MR) is 49.7 cm³/mol. The van der Waals surface area contributed by atoms with Gasteiger partial charge in [0.05, 0.1) is 11.4 Å². The summed E-state index contributed by atoms with van der Waals surface area (Å²) < 4.78 is 1.86. The molecule has 1 unspecified atom stereocenters. The fourth-order valence-electron chi connectivity index (χ4n) is 1.28. The molecular formula is C9H17N3. The quantitative estimate of drug-likeness (QED) is 0.723. The number of hydrogen-bond donors (Lipinski definition) is 1. The Bertz CT molecular complexity index is 263. The number of rotatable bonds is 2. The third-order valence-corrected chi connectivity index (χ3v) is 2.10. The van der Waals surface area contributed by atoms with Gasteiger partial charge in [-0.05, 0) is 18.9 Å². The van der Waals surface area contributed by atoms with E-state index in [9.17, 15) is 0 Å². The second-order valence-corrected chi connectivity index (χ2v) is 3.60. The highest BCUT2D eigenvalue weighted by Gasteiger charge is 2.14. The highest BCUT2D eigenvalue weighted by atomic mass is 15.3. The van der Waals surface area contributed by atoms with Gasteiger partial charge >= 0.3 is 0 Å². The Balaban J connectivity index is 2.94. The normalized spacial score (nSPS) is 13.8. The monoisotopic (exact) mass is 167 g/mol. The van der Waals surface area contributed by atoms with Crippen LogP contribution in [0.25, 0.3) is 0 Å². The van der Waals surface area contributed by atoms with Gasteiger partial charge in [-0.25, -0.2) is 0 Å². The zero-order valence-electron chi connectivity index (χ0n) is 8.20. The SMILES string of the molecule is Cc1cc(C(N)C(C)C)n(C)n1. The van der Waals surface area contributed by atoms with Gasteiger partial charge in [-0.3, -0.25) is 4.68 Å². The van der Waals surface area contributed by atoms with Crippen molar-refractivity contribution < 1.29 is 0 Å². The van der Waals surface area contributed by atoms with Crippen LogP contribution >= 0.6 is 0 Å². The van der Waals surface area contributed by atoms with Crippen LogP contribution in [0.2, 0.25) is 0 Å². The molecule has 0 saturated carbocycles. The van der Waals surface area contributed by atoms with E-state index in [-0.39, 0.29) is 6.04 Å². The summed E-state index contributed by atoms with van der Waals surface area (Å²) in [7, 11) is 1.94. The molecule has 0 fully saturated rings. The third kappa shape index (κ3) is 1.67. The van der Waals surface area contributed by atoms with E-state index < -0.39 is 0 Å². The van der Waals surface area contributed by atoms with Crippen LogP contribution < -0.4 is 5.73 Å². The topological polar surface area (TPSA) is 43.8 Å². The minimum Gasteiger partial charge on any atom is -0.322 e. The molecule has 2 N–H and O–H groups in total. The van der Waals surface area contributed by atoms with E-state index >= 15 is 0 Å². The van der Waals surface area contributed by atoms with Crippen molar-refractivity contribution in [2.75, 3.05) is 0 Å². The van der Waals surface area contributed by atoms with Gasteiger partial charge in [-0.1, -0.05) is 13.8 Å².